The zero-order valence-electron chi connectivity index (χ0n) is 20.6. The van der Waals surface area contributed by atoms with Crippen LogP contribution in [0.2, 0.25) is 10.0 Å². The van der Waals surface area contributed by atoms with Crippen molar-refractivity contribution in [2.75, 3.05) is 12.4 Å². The van der Waals surface area contributed by atoms with Crippen molar-refractivity contribution < 1.29 is 137 Å². The number of amides is 1. The SMILES string of the molecule is CCC(=O)Nc1ccc(F)c(Cl)c1OC.Cc1cc2c(Cl)c(F)ccc2[nH]c1=O.O=CO[O-].[H-].[K+].[K+]. The number of anilines is 1. The molecule has 0 atom stereocenters. The summed E-state index contributed by atoms with van der Waals surface area (Å²) < 4.78 is 31.0. The number of hydrogen-bond acceptors (Lipinski definition) is 6. The molecule has 0 unspecified atom stereocenters. The van der Waals surface area contributed by atoms with E-state index in [4.69, 9.17) is 38.0 Å². The van der Waals surface area contributed by atoms with Crippen LogP contribution in [0.3, 0.4) is 0 Å². The van der Waals surface area contributed by atoms with Gasteiger partial charge in [0.15, 0.2) is 5.75 Å². The first-order valence-electron chi connectivity index (χ1n) is 9.12. The summed E-state index contributed by atoms with van der Waals surface area (Å²) in [4.78, 5) is 36.2. The van der Waals surface area contributed by atoms with Gasteiger partial charge in [-0.1, -0.05) is 30.1 Å². The number of hydrogen-bond donors (Lipinski definition) is 2. The molecule has 0 saturated carbocycles. The van der Waals surface area contributed by atoms with Crippen LogP contribution in [0.1, 0.15) is 20.3 Å². The number of methoxy groups -OCH3 is 1. The van der Waals surface area contributed by atoms with Crippen LogP contribution in [0.4, 0.5) is 14.5 Å². The second-order valence-corrected chi connectivity index (χ2v) is 6.90. The number of ether oxygens (including phenoxy) is 1. The van der Waals surface area contributed by atoms with Crippen LogP contribution in [0.25, 0.3) is 10.9 Å². The number of aryl methyl sites for hydroxylation is 1. The largest absolute Gasteiger partial charge is 1.00 e. The third-order valence-corrected chi connectivity index (χ3v) is 4.72. The second-order valence-electron chi connectivity index (χ2n) is 6.14. The van der Waals surface area contributed by atoms with Gasteiger partial charge in [-0.3, -0.25) is 14.4 Å². The maximum atomic E-state index is 13.1. The van der Waals surface area contributed by atoms with E-state index in [1.807, 2.05) is 0 Å². The van der Waals surface area contributed by atoms with Gasteiger partial charge in [0.1, 0.15) is 16.7 Å². The van der Waals surface area contributed by atoms with Crippen molar-refractivity contribution in [2.45, 2.75) is 20.3 Å². The van der Waals surface area contributed by atoms with Crippen LogP contribution >= 0.6 is 23.2 Å². The normalized spacial score (nSPS) is 9.14. The van der Waals surface area contributed by atoms with E-state index in [1.54, 1.807) is 19.9 Å². The van der Waals surface area contributed by atoms with E-state index in [-0.39, 0.29) is 138 Å². The molecule has 3 aromatic rings. The average Bonchev–Trinajstić information content (AvgIpc) is 2.81. The van der Waals surface area contributed by atoms with Gasteiger partial charge in [-0.25, -0.2) is 8.78 Å². The Morgan fingerprint density at radius 2 is 1.71 bits per heavy atom. The van der Waals surface area contributed by atoms with Crippen molar-refractivity contribution in [1.29, 1.82) is 0 Å². The molecule has 1 amide bonds. The van der Waals surface area contributed by atoms with Gasteiger partial charge in [0.05, 0.1) is 17.8 Å². The molecule has 35 heavy (non-hydrogen) atoms. The van der Waals surface area contributed by atoms with Crippen LogP contribution in [0.15, 0.2) is 35.1 Å². The van der Waals surface area contributed by atoms with Gasteiger partial charge in [-0.15, -0.1) is 0 Å². The zero-order chi connectivity index (χ0) is 25.1. The Balaban J connectivity index is -0.000000492. The molecule has 0 bridgehead atoms. The Morgan fingerprint density at radius 3 is 2.23 bits per heavy atom. The maximum Gasteiger partial charge on any atom is 1.00 e. The Kier molecular flexibility index (Phi) is 20.4. The fourth-order valence-corrected chi connectivity index (χ4v) is 2.85. The zero-order valence-corrected chi connectivity index (χ0v) is 27.4. The smallest absolute Gasteiger partial charge is 1.00 e. The molecule has 1 heterocycles. The van der Waals surface area contributed by atoms with Crippen molar-refractivity contribution in [2.24, 2.45) is 0 Å². The van der Waals surface area contributed by atoms with E-state index >= 15 is 0 Å². The van der Waals surface area contributed by atoms with E-state index in [0.29, 0.717) is 28.6 Å². The van der Waals surface area contributed by atoms with E-state index in [0.717, 1.165) is 0 Å². The number of H-pyrrole nitrogens is 1. The van der Waals surface area contributed by atoms with Crippen LogP contribution < -0.4 is 124 Å². The molecule has 0 radical (unpaired) electrons. The Labute approximate surface area is 296 Å². The number of halogens is 4. The van der Waals surface area contributed by atoms with Crippen LogP contribution in [0.5, 0.6) is 5.75 Å². The summed E-state index contributed by atoms with van der Waals surface area (Å²) >= 11 is 11.4. The fraction of sp³-hybridized carbons (Fsp3) is 0.190. The topological polar surface area (TPSA) is 121 Å². The minimum Gasteiger partial charge on any atom is -1.00 e. The standard InChI is InChI=1S/C10H11ClFNO2.C10H7ClFNO.CH2O3.2K.H/c1-3-8(14)13-7-5-4-6(12)9(11)10(7)15-2;1-5-4-6-8(13-10(5)14)3-2-7(12)9(6)11;2-1-4-3;;;/h4-5H,3H2,1-2H3,(H,13,14);2-4H,1H3,(H,13,14);1,3H;;;/q;;;2*+1;-1/p-1. The maximum absolute atomic E-state index is 13.1. The quantitative estimate of drug-likeness (QED) is 0.159. The van der Waals surface area contributed by atoms with Crippen molar-refractivity contribution in [3.8, 4) is 5.75 Å². The average molecular weight is 583 g/mol. The molecule has 180 valence electrons. The Hall–Kier alpha value is 0.0627. The first kappa shape index (κ1) is 37.2. The number of pyridine rings is 1. The summed E-state index contributed by atoms with van der Waals surface area (Å²) in [5, 5.41) is 11.4. The van der Waals surface area contributed by atoms with Gasteiger partial charge in [-0.2, -0.15) is 0 Å². The van der Waals surface area contributed by atoms with Gasteiger partial charge in [0.2, 0.25) is 5.91 Å². The third-order valence-electron chi connectivity index (χ3n) is 3.99. The number of carbonyl (C=O) groups is 2. The molecule has 0 saturated heterocycles. The Bertz CT molecular complexity index is 1210. The summed E-state index contributed by atoms with van der Waals surface area (Å²) in [6.07, 6.45) is 0.331. The van der Waals surface area contributed by atoms with E-state index in [2.05, 4.69) is 15.2 Å². The first-order valence-corrected chi connectivity index (χ1v) is 9.88. The van der Waals surface area contributed by atoms with Crippen molar-refractivity contribution in [3.63, 3.8) is 0 Å². The van der Waals surface area contributed by atoms with Crippen molar-refractivity contribution in [1.82, 2.24) is 4.98 Å². The minimum atomic E-state index is -0.581. The summed E-state index contributed by atoms with van der Waals surface area (Å²) in [6, 6.07) is 6.90. The third kappa shape index (κ3) is 11.5. The minimum absolute atomic E-state index is 0. The number of benzene rings is 2. The number of rotatable bonds is 4. The van der Waals surface area contributed by atoms with Crippen molar-refractivity contribution >= 4 is 52.2 Å². The van der Waals surface area contributed by atoms with Gasteiger partial charge in [-0.05, 0) is 37.3 Å². The molecule has 1 aromatic heterocycles. The van der Waals surface area contributed by atoms with Crippen LogP contribution in [-0.4, -0.2) is 24.5 Å². The molecule has 2 aromatic carbocycles. The second kappa shape index (κ2) is 19.2. The summed E-state index contributed by atoms with van der Waals surface area (Å²) in [7, 11) is 1.36. The number of aromatic nitrogens is 1. The summed E-state index contributed by atoms with van der Waals surface area (Å²) in [5.74, 6) is -1.11. The molecule has 2 N–H and O–H groups in total. The Morgan fingerprint density at radius 1 is 1.17 bits per heavy atom. The number of aromatic amines is 1. The van der Waals surface area contributed by atoms with Gasteiger partial charge in [0.25, 0.3) is 12.0 Å². The first-order chi connectivity index (χ1) is 15.6. The predicted octanol–water partition coefficient (Wildman–Crippen LogP) is -1.98. The number of fused-ring (bicyclic) bond motifs is 1. The molecule has 0 fully saturated rings. The molecule has 0 spiro atoms. The number of nitrogens with one attached hydrogen (secondary N) is 2. The molecule has 8 nitrogen and oxygen atoms in total. The summed E-state index contributed by atoms with van der Waals surface area (Å²) in [6.45, 7) is 3.19. The molecule has 0 aliphatic carbocycles. The summed E-state index contributed by atoms with van der Waals surface area (Å²) in [5.41, 5.74) is 1.26. The molecular weight excluding hydrogens is 563 g/mol. The monoisotopic (exact) mass is 582 g/mol. The van der Waals surface area contributed by atoms with E-state index < -0.39 is 11.6 Å². The van der Waals surface area contributed by atoms with Gasteiger partial charge < -0.3 is 26.6 Å². The van der Waals surface area contributed by atoms with E-state index in [1.165, 1.54) is 31.4 Å². The van der Waals surface area contributed by atoms with E-state index in [9.17, 15) is 18.4 Å². The van der Waals surface area contributed by atoms with Crippen LogP contribution in [0, 0.1) is 18.6 Å². The predicted molar refractivity (Wildman–Crippen MR) is 119 cm³/mol. The molecular formula is C21H20Cl2F2K2N2O6. The molecule has 3 rings (SSSR count). The van der Waals surface area contributed by atoms with Crippen molar-refractivity contribution in [3.05, 3.63) is 67.9 Å². The van der Waals surface area contributed by atoms with Crippen LogP contribution in [-0.2, 0) is 14.5 Å². The van der Waals surface area contributed by atoms with Gasteiger partial charge >= 0.3 is 103 Å². The molecule has 14 heteroatoms. The molecule has 0 aliphatic rings. The van der Waals surface area contributed by atoms with Gasteiger partial charge in [0, 0.05) is 22.9 Å². The molecule has 0 aliphatic heterocycles. The fourth-order valence-electron chi connectivity index (χ4n) is 2.39. The number of carbonyl (C=O) groups excluding carboxylic acids is 2.